The van der Waals surface area contributed by atoms with Crippen LogP contribution in [0.3, 0.4) is 0 Å². The van der Waals surface area contributed by atoms with Gasteiger partial charge in [0.05, 0.1) is 18.6 Å². The molecule has 1 fully saturated rings. The van der Waals surface area contributed by atoms with Crippen LogP contribution in [0.1, 0.15) is 61.2 Å². The summed E-state index contributed by atoms with van der Waals surface area (Å²) in [6.07, 6.45) is 7.56. The number of nitrogens with one attached hydrogen (secondary N) is 1. The van der Waals surface area contributed by atoms with Crippen LogP contribution >= 0.6 is 0 Å². The van der Waals surface area contributed by atoms with Crippen molar-refractivity contribution in [3.63, 3.8) is 0 Å². The van der Waals surface area contributed by atoms with Crippen LogP contribution < -0.4 is 10.1 Å². The van der Waals surface area contributed by atoms with E-state index < -0.39 is 0 Å². The topological polar surface area (TPSA) is 69.3 Å². The third-order valence-corrected chi connectivity index (χ3v) is 6.65. The molecule has 1 amide bonds. The van der Waals surface area contributed by atoms with E-state index in [1.807, 2.05) is 43.6 Å². The summed E-state index contributed by atoms with van der Waals surface area (Å²) in [5.74, 6) is 0.938. The van der Waals surface area contributed by atoms with E-state index >= 15 is 0 Å². The van der Waals surface area contributed by atoms with Crippen molar-refractivity contribution in [2.45, 2.75) is 51.6 Å². The van der Waals surface area contributed by atoms with Gasteiger partial charge in [-0.3, -0.25) is 4.79 Å². The lowest BCUT2D eigenvalue weighted by Crippen LogP contribution is -2.22. The smallest absolute Gasteiger partial charge is 0.287 e. The number of amides is 1. The molecule has 0 saturated heterocycles. The first-order valence-electron chi connectivity index (χ1n) is 12.6. The predicted molar refractivity (Wildman–Crippen MR) is 136 cm³/mol. The number of hydrogen-bond donors (Lipinski definition) is 1. The van der Waals surface area contributed by atoms with E-state index in [4.69, 9.17) is 14.1 Å². The second-order valence-electron chi connectivity index (χ2n) is 9.04. The standard InChI is InChI=1S/C29H30FN3O3/c1-2-35-24-11-7-6-8-21(24)18-31-29(34)26-17-16-25(36-26)28-27(20-12-14-22(30)15-13-20)32-19-33(28)23-9-4-3-5-10-23/h6-8,11-17,19,23H,2-5,9-10,18H2,1H3,(H,31,34). The molecule has 0 radical (unpaired) electrons. The molecule has 4 aromatic rings. The van der Waals surface area contributed by atoms with Crippen molar-refractivity contribution in [3.8, 4) is 28.5 Å². The molecule has 2 aromatic carbocycles. The summed E-state index contributed by atoms with van der Waals surface area (Å²) in [5.41, 5.74) is 3.23. The largest absolute Gasteiger partial charge is 0.494 e. The normalized spacial score (nSPS) is 14.1. The Morgan fingerprint density at radius 2 is 1.86 bits per heavy atom. The lowest BCUT2D eigenvalue weighted by atomic mass is 9.95. The molecule has 36 heavy (non-hydrogen) atoms. The van der Waals surface area contributed by atoms with Crippen molar-refractivity contribution in [1.82, 2.24) is 14.9 Å². The molecule has 1 aliphatic carbocycles. The molecule has 1 N–H and O–H groups in total. The molecular weight excluding hydrogens is 457 g/mol. The van der Waals surface area contributed by atoms with Crippen molar-refractivity contribution < 1.29 is 18.3 Å². The second-order valence-corrected chi connectivity index (χ2v) is 9.04. The van der Waals surface area contributed by atoms with Crippen LogP contribution in [0.5, 0.6) is 5.75 Å². The monoisotopic (exact) mass is 487 g/mol. The average Bonchev–Trinajstić information content (AvgIpc) is 3.57. The molecule has 1 aliphatic rings. The maximum Gasteiger partial charge on any atom is 0.287 e. The van der Waals surface area contributed by atoms with Gasteiger partial charge in [-0.25, -0.2) is 9.37 Å². The minimum Gasteiger partial charge on any atom is -0.494 e. The molecule has 0 bridgehead atoms. The van der Waals surface area contributed by atoms with Gasteiger partial charge in [0.2, 0.25) is 0 Å². The highest BCUT2D eigenvalue weighted by Crippen LogP contribution is 2.38. The van der Waals surface area contributed by atoms with Gasteiger partial charge in [0.25, 0.3) is 5.91 Å². The summed E-state index contributed by atoms with van der Waals surface area (Å²) in [6, 6.07) is 17.8. The summed E-state index contributed by atoms with van der Waals surface area (Å²) in [6.45, 7) is 2.81. The summed E-state index contributed by atoms with van der Waals surface area (Å²) in [4.78, 5) is 17.6. The van der Waals surface area contributed by atoms with E-state index in [1.165, 1.54) is 31.4 Å². The number of imidazole rings is 1. The van der Waals surface area contributed by atoms with E-state index in [0.29, 0.717) is 30.6 Å². The highest BCUT2D eigenvalue weighted by molar-refractivity contribution is 5.92. The van der Waals surface area contributed by atoms with Crippen LogP contribution in [-0.4, -0.2) is 22.1 Å². The molecule has 0 atom stereocenters. The Kier molecular flexibility index (Phi) is 7.16. The van der Waals surface area contributed by atoms with Gasteiger partial charge in [-0.15, -0.1) is 0 Å². The van der Waals surface area contributed by atoms with Gasteiger partial charge in [-0.05, 0) is 62.2 Å². The Hall–Kier alpha value is -3.87. The molecule has 2 heterocycles. The molecule has 1 saturated carbocycles. The first-order chi connectivity index (χ1) is 17.6. The maximum absolute atomic E-state index is 13.6. The molecule has 0 aliphatic heterocycles. The minimum absolute atomic E-state index is 0.223. The van der Waals surface area contributed by atoms with Crippen LogP contribution in [0.15, 0.2) is 71.4 Å². The van der Waals surface area contributed by atoms with Crippen molar-refractivity contribution >= 4 is 5.91 Å². The number of rotatable bonds is 8. The summed E-state index contributed by atoms with van der Waals surface area (Å²) in [7, 11) is 0. The Bertz CT molecular complexity index is 1320. The van der Waals surface area contributed by atoms with Crippen LogP contribution in [0.2, 0.25) is 0 Å². The third-order valence-electron chi connectivity index (χ3n) is 6.65. The number of furan rings is 1. The number of aromatic nitrogens is 2. The van der Waals surface area contributed by atoms with Crippen molar-refractivity contribution in [2.75, 3.05) is 6.61 Å². The number of ether oxygens (including phenoxy) is 1. The fourth-order valence-electron chi connectivity index (χ4n) is 4.86. The van der Waals surface area contributed by atoms with E-state index in [9.17, 15) is 9.18 Å². The quantitative estimate of drug-likeness (QED) is 0.297. The van der Waals surface area contributed by atoms with E-state index in [0.717, 1.165) is 35.4 Å². The van der Waals surface area contributed by atoms with Gasteiger partial charge >= 0.3 is 0 Å². The van der Waals surface area contributed by atoms with E-state index in [2.05, 4.69) is 9.88 Å². The van der Waals surface area contributed by atoms with Crippen LogP contribution in [0.4, 0.5) is 4.39 Å². The lowest BCUT2D eigenvalue weighted by molar-refractivity contribution is 0.0923. The molecular formula is C29H30FN3O3. The zero-order chi connectivity index (χ0) is 24.9. The number of nitrogens with zero attached hydrogens (tertiary/aromatic N) is 2. The van der Waals surface area contributed by atoms with Crippen LogP contribution in [0, 0.1) is 5.82 Å². The molecule has 7 heteroatoms. The fourth-order valence-corrected chi connectivity index (χ4v) is 4.86. The first kappa shape index (κ1) is 23.9. The molecule has 5 rings (SSSR count). The highest BCUT2D eigenvalue weighted by atomic mass is 19.1. The number of hydrogen-bond acceptors (Lipinski definition) is 4. The Morgan fingerprint density at radius 1 is 1.08 bits per heavy atom. The Labute approximate surface area is 210 Å². The SMILES string of the molecule is CCOc1ccccc1CNC(=O)c1ccc(-c2c(-c3ccc(F)cc3)ncn2C2CCCCC2)o1. The first-order valence-corrected chi connectivity index (χ1v) is 12.6. The number of para-hydroxylation sites is 1. The summed E-state index contributed by atoms with van der Waals surface area (Å²) < 4.78 is 27.5. The molecule has 6 nitrogen and oxygen atoms in total. The van der Waals surface area contributed by atoms with E-state index in [-0.39, 0.29) is 17.5 Å². The lowest BCUT2D eigenvalue weighted by Gasteiger charge is -2.24. The number of carbonyl (C=O) groups excluding carboxylic acids is 1. The average molecular weight is 488 g/mol. The van der Waals surface area contributed by atoms with E-state index in [1.54, 1.807) is 18.2 Å². The van der Waals surface area contributed by atoms with Gasteiger partial charge in [-0.1, -0.05) is 37.5 Å². The van der Waals surface area contributed by atoms with Crippen molar-refractivity contribution in [3.05, 3.63) is 84.1 Å². The highest BCUT2D eigenvalue weighted by Gasteiger charge is 2.25. The summed E-state index contributed by atoms with van der Waals surface area (Å²) >= 11 is 0. The zero-order valence-electron chi connectivity index (χ0n) is 20.4. The minimum atomic E-state index is -0.306. The number of benzene rings is 2. The molecule has 186 valence electrons. The van der Waals surface area contributed by atoms with Gasteiger partial charge in [0.15, 0.2) is 11.5 Å². The van der Waals surface area contributed by atoms with Crippen LogP contribution in [-0.2, 0) is 6.54 Å². The van der Waals surface area contributed by atoms with Gasteiger partial charge in [0.1, 0.15) is 17.3 Å². The number of carbonyl (C=O) groups is 1. The Balaban J connectivity index is 1.42. The molecule has 2 aromatic heterocycles. The van der Waals surface area contributed by atoms with Gasteiger partial charge < -0.3 is 19.0 Å². The van der Waals surface area contributed by atoms with Crippen LogP contribution in [0.25, 0.3) is 22.7 Å². The second kappa shape index (κ2) is 10.8. The Morgan fingerprint density at radius 3 is 2.64 bits per heavy atom. The molecule has 0 unspecified atom stereocenters. The number of halogens is 1. The van der Waals surface area contributed by atoms with Gasteiger partial charge in [-0.2, -0.15) is 0 Å². The fraction of sp³-hybridized carbons (Fsp3) is 0.310. The maximum atomic E-state index is 13.6. The third kappa shape index (κ3) is 5.05. The predicted octanol–water partition coefficient (Wildman–Crippen LogP) is 6.78. The zero-order valence-corrected chi connectivity index (χ0v) is 20.4. The molecule has 0 spiro atoms. The van der Waals surface area contributed by atoms with Gasteiger partial charge in [0, 0.05) is 23.7 Å². The van der Waals surface area contributed by atoms with Crippen molar-refractivity contribution in [2.24, 2.45) is 0 Å². The summed E-state index contributed by atoms with van der Waals surface area (Å²) in [5, 5.41) is 2.93. The van der Waals surface area contributed by atoms with Crippen molar-refractivity contribution in [1.29, 1.82) is 0 Å².